The van der Waals surface area contributed by atoms with E-state index in [1.165, 1.54) is 20.8 Å². The number of rotatable bonds is 14. The highest BCUT2D eigenvalue weighted by Gasteiger charge is 2.32. The lowest BCUT2D eigenvalue weighted by atomic mass is 10.1. The second-order valence-corrected chi connectivity index (χ2v) is 6.58. The van der Waals surface area contributed by atoms with Crippen molar-refractivity contribution < 1.29 is 75.3 Å². The topological polar surface area (TPSA) is 195 Å². The van der Waals surface area contributed by atoms with Crippen molar-refractivity contribution in [2.45, 2.75) is 54.3 Å². The van der Waals surface area contributed by atoms with Crippen LogP contribution in [0.4, 0.5) is 0 Å². The maximum Gasteiger partial charge on any atom is 0.320 e. The van der Waals surface area contributed by atoms with Crippen molar-refractivity contribution in [3.8, 4) is 0 Å². The molecule has 40 heavy (non-hydrogen) atoms. The minimum atomic E-state index is -2.84. The Labute approximate surface area is 260 Å². The summed E-state index contributed by atoms with van der Waals surface area (Å²) in [4.78, 5) is 76.4. The quantitative estimate of drug-likeness (QED) is 0.119. The van der Waals surface area contributed by atoms with E-state index in [9.17, 15) is 33.6 Å². The van der Waals surface area contributed by atoms with Crippen molar-refractivity contribution in [3.05, 3.63) is 0 Å². The van der Waals surface area contributed by atoms with E-state index in [1.807, 2.05) is 0 Å². The molecule has 0 spiro atoms. The molecule has 16 heteroatoms. The summed E-state index contributed by atoms with van der Waals surface area (Å²) in [6.45, 7) is 10.1. The molecule has 0 unspecified atom stereocenters. The van der Waals surface area contributed by atoms with Crippen molar-refractivity contribution in [1.29, 1.82) is 1.43 Å². The van der Waals surface area contributed by atoms with Gasteiger partial charge < -0.3 is 33.5 Å². The van der Waals surface area contributed by atoms with Crippen molar-refractivity contribution >= 4 is 73.6 Å². The largest absolute Gasteiger partial charge is 0.481 e. The number of carboxylic acid groups (broad SMARTS) is 1. The fourth-order valence-electron chi connectivity index (χ4n) is 1.66. The van der Waals surface area contributed by atoms with E-state index in [0.717, 1.165) is 0 Å². The number of hydrogen-bond donors (Lipinski definition) is 1. The van der Waals surface area contributed by atoms with E-state index in [1.54, 1.807) is 20.8 Å². The van der Waals surface area contributed by atoms with Gasteiger partial charge in [-0.15, -0.1) is 0 Å². The molecular weight excluding hydrogens is 672 g/mol. The summed E-state index contributed by atoms with van der Waals surface area (Å²) >= 11 is 4.85. The van der Waals surface area contributed by atoms with Crippen LogP contribution in [0.15, 0.2) is 0 Å². The number of carbonyl (C=O) groups excluding carboxylic acids is 6. The minimum absolute atomic E-state index is 0.0480. The smallest absolute Gasteiger partial charge is 0.320 e. The number of aliphatic carboxylic acids is 1. The van der Waals surface area contributed by atoms with Crippen LogP contribution in [0.3, 0.4) is 0 Å². The Bertz CT molecular complexity index is 956. The zero-order valence-corrected chi connectivity index (χ0v) is 26.2. The molecule has 0 bridgehead atoms. The van der Waals surface area contributed by atoms with E-state index in [2.05, 4.69) is 65.4 Å². The van der Waals surface area contributed by atoms with Gasteiger partial charge in [0.2, 0.25) is 0 Å². The van der Waals surface area contributed by atoms with Gasteiger partial charge in [0.25, 0.3) is 1.43 Å². The first-order chi connectivity index (χ1) is 21.5. The summed E-state index contributed by atoms with van der Waals surface area (Å²) in [5.41, 5.74) is 0. The lowest BCUT2D eigenvalue weighted by Gasteiger charge is -2.13. The Morgan fingerprint density at radius 2 is 0.950 bits per heavy atom. The molecule has 0 aromatic rings. The van der Waals surface area contributed by atoms with Gasteiger partial charge in [-0.3, -0.25) is 33.6 Å². The summed E-state index contributed by atoms with van der Waals surface area (Å²) in [6, 6.07) is 0. The van der Waals surface area contributed by atoms with Crippen LogP contribution in [0.1, 0.15) is 62.6 Å². The lowest BCUT2D eigenvalue weighted by molar-refractivity contribution is -0.166. The third-order valence-corrected chi connectivity index (χ3v) is 3.56. The lowest BCUT2D eigenvalue weighted by Crippen LogP contribution is -2.30. The number of hydrogen-bond acceptors (Lipinski definition) is 14. The molecule has 0 atom stereocenters. The van der Waals surface area contributed by atoms with Crippen LogP contribution < -0.4 is 0 Å². The van der Waals surface area contributed by atoms with Gasteiger partial charge in [0.1, 0.15) is 17.0 Å². The SMILES string of the molecule is CCOC(=O)CC(=O)OCC.[2H]C([2H])(Br)C(=O)OCC.[2H]C([2H])(C(=O)OCC)C(C(=O)OCC)C(=O)OCC.[2H]OC(=O)C([2H])([2H])Br. The fraction of sp³-hybridized carbons (Fsp3) is 0.708. The number of esters is 6. The second kappa shape index (κ2) is 32.5. The minimum Gasteiger partial charge on any atom is -0.481 e. The molecular formula is C24H40Br2O14. The normalized spacial score (nSPS) is 12.6. The highest BCUT2D eigenvalue weighted by atomic mass is 79.9. The molecule has 0 fully saturated rings. The molecule has 0 heterocycles. The summed E-state index contributed by atoms with van der Waals surface area (Å²) in [5.74, 6) is -8.81. The van der Waals surface area contributed by atoms with Crippen molar-refractivity contribution in [3.63, 3.8) is 0 Å². The molecule has 0 aliphatic heterocycles. The zero-order chi connectivity index (χ0) is 38.0. The average Bonchev–Trinajstić information content (AvgIpc) is 2.93. The first kappa shape index (κ1) is 30.2. The van der Waals surface area contributed by atoms with Gasteiger partial charge in [-0.2, -0.15) is 0 Å². The van der Waals surface area contributed by atoms with E-state index < -0.39 is 64.6 Å². The predicted molar refractivity (Wildman–Crippen MR) is 148 cm³/mol. The van der Waals surface area contributed by atoms with Gasteiger partial charge in [-0.25, -0.2) is 0 Å². The monoisotopic (exact) mass is 717 g/mol. The fourth-order valence-corrected chi connectivity index (χ4v) is 1.77. The molecule has 0 amide bonds. The molecule has 0 radical (unpaired) electrons. The molecule has 0 aromatic carbocycles. The second-order valence-electron chi connectivity index (χ2n) is 5.79. The first-order valence-corrected chi connectivity index (χ1v) is 13.1. The van der Waals surface area contributed by atoms with Crippen molar-refractivity contribution in [2.24, 2.45) is 5.92 Å². The summed E-state index contributed by atoms with van der Waals surface area (Å²) in [5, 5.41) is -0.962. The maximum absolute atomic E-state index is 11.6. The van der Waals surface area contributed by atoms with Gasteiger partial charge in [-0.1, -0.05) is 31.9 Å². The molecule has 0 saturated carbocycles. The van der Waals surface area contributed by atoms with Crippen LogP contribution in [-0.4, -0.2) is 97.1 Å². The number of carbonyl (C=O) groups is 7. The predicted octanol–water partition coefficient (Wildman–Crippen LogP) is 2.60. The summed E-state index contributed by atoms with van der Waals surface area (Å²) in [7, 11) is 0. The Balaban J connectivity index is -0.000000282. The number of ether oxygens (including phenoxy) is 6. The van der Waals surface area contributed by atoms with Gasteiger partial charge >= 0.3 is 41.8 Å². The number of halogens is 2. The molecule has 14 nitrogen and oxygen atoms in total. The zero-order valence-electron chi connectivity index (χ0n) is 30.0. The van der Waals surface area contributed by atoms with E-state index in [0.29, 0.717) is 0 Å². The van der Waals surface area contributed by atoms with Crippen molar-refractivity contribution in [1.82, 2.24) is 0 Å². The molecule has 0 rings (SSSR count). The van der Waals surface area contributed by atoms with E-state index >= 15 is 0 Å². The molecule has 0 aliphatic rings. The summed E-state index contributed by atoms with van der Waals surface area (Å²) in [6.07, 6.45) is -3.13. The molecule has 234 valence electrons. The third-order valence-electron chi connectivity index (χ3n) is 2.91. The number of alkyl halides is 2. The third kappa shape index (κ3) is 33.3. The standard InChI is InChI=1S/C11H18O6.C7H12O4.C4H7BrO2.C2H3BrO2/c1-4-15-9(12)7-8(10(13)16-5-2)11(14)17-6-3;1-3-10-6(8)5-7(9)11-4-2;1-2-7-4(6)3-5;3-1-2(4)5/h8H,4-7H2,1-3H3;3-5H2,1-2H3;2-3H2,1H3;1H2,(H,4,5)/i7D2;;3D2;1D2/hD. The van der Waals surface area contributed by atoms with Gasteiger partial charge in [0.05, 0.1) is 51.5 Å². The van der Waals surface area contributed by atoms with Gasteiger partial charge in [0, 0.05) is 2.74 Å². The van der Waals surface area contributed by atoms with Crippen LogP contribution in [0.25, 0.3) is 1.43 Å². The first-order valence-electron chi connectivity index (χ1n) is 14.9. The number of carboxylic acids is 1. The van der Waals surface area contributed by atoms with Gasteiger partial charge in [0.15, 0.2) is 5.92 Å². The van der Waals surface area contributed by atoms with E-state index in [-0.39, 0.29) is 46.1 Å². The van der Waals surface area contributed by atoms with E-state index in [4.69, 9.17) is 9.66 Å². The molecule has 0 aromatic heterocycles. The average molecular weight is 719 g/mol. The highest BCUT2D eigenvalue weighted by molar-refractivity contribution is 9.09. The van der Waals surface area contributed by atoms with Crippen LogP contribution in [-0.2, 0) is 62.0 Å². The van der Waals surface area contributed by atoms with Gasteiger partial charge in [-0.05, 0) is 41.5 Å². The Hall–Kier alpha value is -2.75. The van der Waals surface area contributed by atoms with Crippen LogP contribution in [0.5, 0.6) is 0 Å². The highest BCUT2D eigenvalue weighted by Crippen LogP contribution is 2.10. The maximum atomic E-state index is 11.6. The van der Waals surface area contributed by atoms with Crippen LogP contribution >= 0.6 is 31.9 Å². The van der Waals surface area contributed by atoms with Crippen LogP contribution in [0, 0.1) is 5.92 Å². The Morgan fingerprint density at radius 3 is 1.20 bits per heavy atom. The van der Waals surface area contributed by atoms with Crippen molar-refractivity contribution in [2.75, 3.05) is 50.2 Å². The Kier molecular flexibility index (Phi) is 24.5. The molecule has 1 N–H and O–H groups in total. The van der Waals surface area contributed by atoms with Crippen LogP contribution in [0.2, 0.25) is 0 Å². The summed E-state index contributed by atoms with van der Waals surface area (Å²) < 4.78 is 74.8. The Morgan fingerprint density at radius 1 is 0.600 bits per heavy atom. The molecule has 0 saturated heterocycles. The molecule has 0 aliphatic carbocycles.